The minimum absolute atomic E-state index is 0.279. The third-order valence-electron chi connectivity index (χ3n) is 2.79. The maximum absolute atomic E-state index is 11.5. The van der Waals surface area contributed by atoms with Crippen LogP contribution < -0.4 is 0 Å². The minimum Gasteiger partial charge on any atom is -0.299 e. The summed E-state index contributed by atoms with van der Waals surface area (Å²) in [4.78, 5) is 15.9. The molecule has 0 aromatic heterocycles. The van der Waals surface area contributed by atoms with Gasteiger partial charge in [0.05, 0.1) is 5.69 Å². The lowest BCUT2D eigenvalue weighted by atomic mass is 10.1. The molecule has 1 rings (SSSR count). The van der Waals surface area contributed by atoms with Crippen molar-refractivity contribution < 1.29 is 4.79 Å². The molecule has 0 aliphatic heterocycles. The Balaban J connectivity index is 2.56. The first-order chi connectivity index (χ1) is 8.15. The standard InChI is InChI=1S/C15H21NO/c1-4-5-9-14(17)10-11-16-15-12(2)7-6-8-13(15)3/h6-8,11H,4-5,9-10H2,1-3H3. The van der Waals surface area contributed by atoms with Crippen LogP contribution in [0.2, 0.25) is 0 Å². The average molecular weight is 231 g/mol. The predicted molar refractivity (Wildman–Crippen MR) is 73.2 cm³/mol. The fourth-order valence-electron chi connectivity index (χ4n) is 1.72. The lowest BCUT2D eigenvalue weighted by molar-refractivity contribution is -0.117. The third-order valence-corrected chi connectivity index (χ3v) is 2.79. The number of para-hydroxylation sites is 1. The van der Waals surface area contributed by atoms with Gasteiger partial charge in [0.25, 0.3) is 0 Å². The van der Waals surface area contributed by atoms with E-state index in [1.807, 2.05) is 32.0 Å². The van der Waals surface area contributed by atoms with Gasteiger partial charge >= 0.3 is 0 Å². The summed E-state index contributed by atoms with van der Waals surface area (Å²) < 4.78 is 0. The van der Waals surface area contributed by atoms with Crippen LogP contribution in [0.5, 0.6) is 0 Å². The molecule has 0 fully saturated rings. The molecule has 0 spiro atoms. The fourth-order valence-corrected chi connectivity index (χ4v) is 1.72. The van der Waals surface area contributed by atoms with Crippen LogP contribution >= 0.6 is 0 Å². The van der Waals surface area contributed by atoms with Gasteiger partial charge in [0.2, 0.25) is 0 Å². The monoisotopic (exact) mass is 231 g/mol. The summed E-state index contributed by atoms with van der Waals surface area (Å²) in [5, 5.41) is 0. The number of hydrogen-bond donors (Lipinski definition) is 0. The fraction of sp³-hybridized carbons (Fsp3) is 0.467. The van der Waals surface area contributed by atoms with E-state index < -0.39 is 0 Å². The molecule has 1 aromatic carbocycles. The van der Waals surface area contributed by atoms with Crippen molar-refractivity contribution in [3.05, 3.63) is 29.3 Å². The van der Waals surface area contributed by atoms with Gasteiger partial charge in [0.15, 0.2) is 0 Å². The van der Waals surface area contributed by atoms with Gasteiger partial charge in [-0.15, -0.1) is 0 Å². The Morgan fingerprint density at radius 2 is 1.94 bits per heavy atom. The first-order valence-corrected chi connectivity index (χ1v) is 6.25. The van der Waals surface area contributed by atoms with Crippen molar-refractivity contribution in [2.45, 2.75) is 46.5 Å². The maximum Gasteiger partial charge on any atom is 0.138 e. The molecule has 0 heterocycles. The van der Waals surface area contributed by atoms with Crippen molar-refractivity contribution in [2.24, 2.45) is 4.99 Å². The minimum atomic E-state index is 0.279. The maximum atomic E-state index is 11.5. The molecule has 0 bridgehead atoms. The van der Waals surface area contributed by atoms with E-state index in [1.54, 1.807) is 6.21 Å². The molecule has 1 aromatic rings. The second kappa shape index (κ2) is 7.00. The van der Waals surface area contributed by atoms with Gasteiger partial charge in [-0.25, -0.2) is 0 Å². The lowest BCUT2D eigenvalue weighted by Gasteiger charge is -2.03. The molecule has 2 nitrogen and oxygen atoms in total. The van der Waals surface area contributed by atoms with Crippen molar-refractivity contribution >= 4 is 17.7 Å². The molecule has 0 aliphatic carbocycles. The number of benzene rings is 1. The summed E-state index contributed by atoms with van der Waals surface area (Å²) in [5.74, 6) is 0.279. The van der Waals surface area contributed by atoms with E-state index in [9.17, 15) is 4.79 Å². The Labute approximate surface area is 104 Å². The summed E-state index contributed by atoms with van der Waals surface area (Å²) in [6, 6.07) is 6.10. The molecular weight excluding hydrogens is 210 g/mol. The Kier molecular flexibility index (Phi) is 5.61. The van der Waals surface area contributed by atoms with Crippen molar-refractivity contribution in [3.63, 3.8) is 0 Å². The predicted octanol–water partition coefficient (Wildman–Crippen LogP) is 4.16. The topological polar surface area (TPSA) is 29.4 Å². The van der Waals surface area contributed by atoms with Crippen LogP contribution in [0.1, 0.15) is 43.7 Å². The van der Waals surface area contributed by atoms with Crippen molar-refractivity contribution in [3.8, 4) is 0 Å². The van der Waals surface area contributed by atoms with E-state index in [0.717, 1.165) is 29.7 Å². The quantitative estimate of drug-likeness (QED) is 0.676. The van der Waals surface area contributed by atoms with Gasteiger partial charge in [-0.3, -0.25) is 9.79 Å². The smallest absolute Gasteiger partial charge is 0.138 e. The first kappa shape index (κ1) is 13.6. The zero-order chi connectivity index (χ0) is 12.7. The number of rotatable bonds is 6. The highest BCUT2D eigenvalue weighted by Crippen LogP contribution is 2.22. The van der Waals surface area contributed by atoms with Crippen LogP contribution in [0.25, 0.3) is 0 Å². The van der Waals surface area contributed by atoms with Gasteiger partial charge in [-0.1, -0.05) is 31.5 Å². The van der Waals surface area contributed by atoms with Crippen molar-refractivity contribution in [2.75, 3.05) is 0 Å². The molecular formula is C15H21NO. The lowest BCUT2D eigenvalue weighted by Crippen LogP contribution is -1.97. The largest absolute Gasteiger partial charge is 0.299 e. The molecule has 92 valence electrons. The van der Waals surface area contributed by atoms with Gasteiger partial charge in [0.1, 0.15) is 5.78 Å². The number of nitrogens with zero attached hydrogens (tertiary/aromatic N) is 1. The van der Waals surface area contributed by atoms with Gasteiger partial charge in [-0.2, -0.15) is 0 Å². The zero-order valence-corrected chi connectivity index (χ0v) is 11.0. The molecule has 17 heavy (non-hydrogen) atoms. The van der Waals surface area contributed by atoms with E-state index in [1.165, 1.54) is 0 Å². The van der Waals surface area contributed by atoms with Gasteiger partial charge in [-0.05, 0) is 31.4 Å². The van der Waals surface area contributed by atoms with Gasteiger partial charge < -0.3 is 0 Å². The summed E-state index contributed by atoms with van der Waals surface area (Å²) in [6.45, 7) is 6.18. The molecule has 0 saturated heterocycles. The molecule has 0 saturated carbocycles. The second-order valence-electron chi connectivity index (χ2n) is 4.40. The molecule has 2 heteroatoms. The molecule has 0 N–H and O–H groups in total. The normalized spacial score (nSPS) is 11.0. The highest BCUT2D eigenvalue weighted by molar-refractivity contribution is 5.92. The third kappa shape index (κ3) is 4.51. The van der Waals surface area contributed by atoms with Crippen LogP contribution in [0.3, 0.4) is 0 Å². The Morgan fingerprint density at radius 1 is 1.29 bits per heavy atom. The Hall–Kier alpha value is -1.44. The number of carbonyl (C=O) groups excluding carboxylic acids is 1. The molecule has 0 aliphatic rings. The number of aliphatic imine (C=N–C) groups is 1. The van der Waals surface area contributed by atoms with Crippen LogP contribution in [-0.2, 0) is 4.79 Å². The van der Waals surface area contributed by atoms with E-state index in [4.69, 9.17) is 0 Å². The molecule has 0 radical (unpaired) electrons. The van der Waals surface area contributed by atoms with Crippen LogP contribution in [0.4, 0.5) is 5.69 Å². The molecule has 0 unspecified atom stereocenters. The Morgan fingerprint density at radius 3 is 2.53 bits per heavy atom. The number of carbonyl (C=O) groups is 1. The number of Topliss-reactive ketones (excluding diaryl/α,β-unsaturated/α-hetero) is 1. The van der Waals surface area contributed by atoms with E-state index in [-0.39, 0.29) is 5.78 Å². The summed E-state index contributed by atoms with van der Waals surface area (Å²) in [5.41, 5.74) is 3.31. The van der Waals surface area contributed by atoms with E-state index >= 15 is 0 Å². The number of aryl methyl sites for hydroxylation is 2. The first-order valence-electron chi connectivity index (χ1n) is 6.25. The summed E-state index contributed by atoms with van der Waals surface area (Å²) in [6.07, 6.45) is 4.92. The Bertz CT molecular complexity index is 387. The number of ketones is 1. The second-order valence-corrected chi connectivity index (χ2v) is 4.40. The number of hydrogen-bond acceptors (Lipinski definition) is 2. The molecule has 0 amide bonds. The number of unbranched alkanes of at least 4 members (excludes halogenated alkanes) is 1. The molecule has 0 atom stereocenters. The van der Waals surface area contributed by atoms with Gasteiger partial charge in [0, 0.05) is 19.1 Å². The van der Waals surface area contributed by atoms with Crippen LogP contribution in [0, 0.1) is 13.8 Å². The van der Waals surface area contributed by atoms with E-state index in [0.29, 0.717) is 12.8 Å². The van der Waals surface area contributed by atoms with Crippen LogP contribution in [-0.4, -0.2) is 12.0 Å². The SMILES string of the molecule is CCCCC(=O)CC=Nc1c(C)cccc1C. The summed E-state index contributed by atoms with van der Waals surface area (Å²) >= 11 is 0. The van der Waals surface area contributed by atoms with Crippen molar-refractivity contribution in [1.29, 1.82) is 0 Å². The summed E-state index contributed by atoms with van der Waals surface area (Å²) in [7, 11) is 0. The van der Waals surface area contributed by atoms with Crippen LogP contribution in [0.15, 0.2) is 23.2 Å². The average Bonchev–Trinajstić information content (AvgIpc) is 2.30. The highest BCUT2D eigenvalue weighted by Gasteiger charge is 2.00. The zero-order valence-electron chi connectivity index (χ0n) is 11.0. The van der Waals surface area contributed by atoms with E-state index in [2.05, 4.69) is 11.9 Å². The highest BCUT2D eigenvalue weighted by atomic mass is 16.1. The van der Waals surface area contributed by atoms with Crippen molar-refractivity contribution in [1.82, 2.24) is 0 Å².